The van der Waals surface area contributed by atoms with E-state index >= 15 is 0 Å². The maximum Gasteiger partial charge on any atom is 0.196 e. The number of methoxy groups -OCH3 is 2. The largest absolute Gasteiger partial charge is 0.496 e. The third-order valence-corrected chi connectivity index (χ3v) is 8.38. The summed E-state index contributed by atoms with van der Waals surface area (Å²) in [5.74, 6) is 2.32. The highest BCUT2D eigenvalue weighted by Gasteiger charge is 2.28. The first-order valence-electron chi connectivity index (χ1n) is 14.8. The highest BCUT2D eigenvalue weighted by atomic mass is 16.5. The third-order valence-electron chi connectivity index (χ3n) is 8.38. The molecule has 2 heterocycles. The summed E-state index contributed by atoms with van der Waals surface area (Å²) in [6, 6.07) is 26.5. The van der Waals surface area contributed by atoms with Gasteiger partial charge in [-0.2, -0.15) is 0 Å². The van der Waals surface area contributed by atoms with Crippen LogP contribution in [-0.2, 0) is 13.1 Å². The Bertz CT molecular complexity index is 2010. The maximum atomic E-state index is 13.6. The first kappa shape index (κ1) is 29.9. The summed E-state index contributed by atoms with van der Waals surface area (Å²) in [5, 5.41) is 0.999. The third kappa shape index (κ3) is 5.40. The van der Waals surface area contributed by atoms with Gasteiger partial charge in [-0.15, -0.1) is 0 Å². The van der Waals surface area contributed by atoms with E-state index in [4.69, 9.17) is 18.3 Å². The van der Waals surface area contributed by atoms with Crippen LogP contribution in [-0.4, -0.2) is 32.8 Å². The van der Waals surface area contributed by atoms with Crippen molar-refractivity contribution < 1.29 is 22.8 Å². The number of hydrogen-bond acceptors (Lipinski definition) is 6. The van der Waals surface area contributed by atoms with Gasteiger partial charge in [0.15, 0.2) is 22.0 Å². The molecule has 0 bridgehead atoms. The van der Waals surface area contributed by atoms with Crippen LogP contribution in [0.4, 0.5) is 0 Å². The van der Waals surface area contributed by atoms with Gasteiger partial charge in [0.25, 0.3) is 0 Å². The van der Waals surface area contributed by atoms with E-state index in [0.717, 1.165) is 22.3 Å². The van der Waals surface area contributed by atoms with Gasteiger partial charge in [0.1, 0.15) is 36.1 Å². The van der Waals surface area contributed by atoms with Crippen LogP contribution in [0.1, 0.15) is 22.3 Å². The van der Waals surface area contributed by atoms with Crippen molar-refractivity contribution in [2.24, 2.45) is 0 Å². The lowest BCUT2D eigenvalue weighted by Gasteiger charge is -2.31. The van der Waals surface area contributed by atoms with Crippen molar-refractivity contribution >= 4 is 21.9 Å². The minimum Gasteiger partial charge on any atom is -0.496 e. The standard InChI is InChI=1S/C38H36NO6/c1-23-33(40)27-17-19-31(42-5)29(37(27)44-35(23)25-13-9-7-10-14-25)21-39(3,4)22-30-32(43-6)20-18-28-34(41)24(2)36(45-38(28)30)26-15-11-8-12-16-26/h7-20H,21-22H2,1-6H3/q+1. The second kappa shape index (κ2) is 11.7. The van der Waals surface area contributed by atoms with Crippen LogP contribution in [0.2, 0.25) is 0 Å². The molecule has 0 saturated carbocycles. The summed E-state index contributed by atoms with van der Waals surface area (Å²) >= 11 is 0. The molecular weight excluding hydrogens is 566 g/mol. The number of benzene rings is 4. The van der Waals surface area contributed by atoms with Gasteiger partial charge in [-0.3, -0.25) is 9.59 Å². The molecule has 0 N–H and O–H groups in total. The van der Waals surface area contributed by atoms with Crippen molar-refractivity contribution in [1.82, 2.24) is 0 Å². The minimum atomic E-state index is -0.0781. The van der Waals surface area contributed by atoms with Crippen LogP contribution in [0.5, 0.6) is 11.5 Å². The lowest BCUT2D eigenvalue weighted by Crippen LogP contribution is -2.38. The normalized spacial score (nSPS) is 11.7. The van der Waals surface area contributed by atoms with Gasteiger partial charge in [-0.1, -0.05) is 60.7 Å². The molecule has 228 valence electrons. The first-order chi connectivity index (χ1) is 21.6. The molecule has 0 unspecified atom stereocenters. The monoisotopic (exact) mass is 602 g/mol. The summed E-state index contributed by atoms with van der Waals surface area (Å²) < 4.78 is 25.2. The molecule has 0 saturated heterocycles. The van der Waals surface area contributed by atoms with Crippen molar-refractivity contribution in [1.29, 1.82) is 0 Å². The zero-order chi connectivity index (χ0) is 31.9. The number of hydrogen-bond donors (Lipinski definition) is 0. The minimum absolute atomic E-state index is 0.0781. The number of ether oxygens (including phenoxy) is 2. The smallest absolute Gasteiger partial charge is 0.196 e. The van der Waals surface area contributed by atoms with Crippen LogP contribution in [0.15, 0.2) is 103 Å². The predicted molar refractivity (Wildman–Crippen MR) is 178 cm³/mol. The van der Waals surface area contributed by atoms with Gasteiger partial charge < -0.3 is 22.8 Å². The zero-order valence-corrected chi connectivity index (χ0v) is 26.4. The topological polar surface area (TPSA) is 78.9 Å². The van der Waals surface area contributed by atoms with E-state index in [0.29, 0.717) is 73.7 Å². The van der Waals surface area contributed by atoms with Crippen molar-refractivity contribution in [2.45, 2.75) is 26.9 Å². The second-order valence-corrected chi connectivity index (χ2v) is 12.0. The first-order valence-corrected chi connectivity index (χ1v) is 14.8. The Labute approximate surface area is 261 Å². The fourth-order valence-corrected chi connectivity index (χ4v) is 6.10. The fraction of sp³-hybridized carbons (Fsp3) is 0.211. The molecule has 0 amide bonds. The van der Waals surface area contributed by atoms with Crippen LogP contribution >= 0.6 is 0 Å². The molecule has 0 aliphatic heterocycles. The molecule has 45 heavy (non-hydrogen) atoms. The number of rotatable bonds is 8. The van der Waals surface area contributed by atoms with Gasteiger partial charge >= 0.3 is 0 Å². The van der Waals surface area contributed by atoms with Gasteiger partial charge in [0.05, 0.1) is 50.2 Å². The van der Waals surface area contributed by atoms with E-state index in [2.05, 4.69) is 14.1 Å². The molecule has 0 spiro atoms. The van der Waals surface area contributed by atoms with E-state index in [-0.39, 0.29) is 10.9 Å². The SMILES string of the molecule is COc1ccc2c(=O)c(C)c(-c3ccccc3)oc2c1C[N+](C)(C)Cc1c(OC)ccc2c(=O)c(C)c(-c3ccccc3)oc12. The maximum absolute atomic E-state index is 13.6. The molecule has 0 fully saturated rings. The van der Waals surface area contributed by atoms with E-state index in [9.17, 15) is 9.59 Å². The van der Waals surface area contributed by atoms with Gasteiger partial charge in [0, 0.05) is 22.3 Å². The van der Waals surface area contributed by atoms with Crippen LogP contribution in [0.25, 0.3) is 44.6 Å². The van der Waals surface area contributed by atoms with Gasteiger partial charge in [-0.25, -0.2) is 0 Å². The molecule has 7 nitrogen and oxygen atoms in total. The predicted octanol–water partition coefficient (Wildman–Crippen LogP) is 7.64. The summed E-state index contributed by atoms with van der Waals surface area (Å²) in [6.07, 6.45) is 0. The Morgan fingerprint density at radius 2 is 0.956 bits per heavy atom. The molecule has 0 radical (unpaired) electrons. The van der Waals surface area contributed by atoms with Gasteiger partial charge in [0.2, 0.25) is 0 Å². The molecular formula is C38H36NO6+. The average Bonchev–Trinajstić information content (AvgIpc) is 3.05. The summed E-state index contributed by atoms with van der Waals surface area (Å²) in [7, 11) is 7.38. The average molecular weight is 603 g/mol. The Morgan fingerprint density at radius 3 is 1.31 bits per heavy atom. The molecule has 6 aromatic rings. The van der Waals surface area contributed by atoms with Crippen LogP contribution in [0.3, 0.4) is 0 Å². The summed E-state index contributed by atoms with van der Waals surface area (Å²) in [5.41, 5.74) is 5.15. The van der Waals surface area contributed by atoms with E-state index in [1.54, 1.807) is 40.2 Å². The Kier molecular flexibility index (Phi) is 7.81. The van der Waals surface area contributed by atoms with Crippen molar-refractivity contribution in [3.05, 3.63) is 128 Å². The number of fused-ring (bicyclic) bond motifs is 2. The molecule has 7 heteroatoms. The molecule has 0 atom stereocenters. The Morgan fingerprint density at radius 1 is 0.578 bits per heavy atom. The summed E-state index contributed by atoms with van der Waals surface area (Å²) in [4.78, 5) is 27.2. The number of quaternary nitrogens is 1. The van der Waals surface area contributed by atoms with E-state index < -0.39 is 0 Å². The zero-order valence-electron chi connectivity index (χ0n) is 26.4. The van der Waals surface area contributed by atoms with Crippen LogP contribution in [0, 0.1) is 13.8 Å². The van der Waals surface area contributed by atoms with Crippen molar-refractivity contribution in [2.75, 3.05) is 28.3 Å². The lowest BCUT2D eigenvalue weighted by atomic mass is 10.0. The molecule has 0 aliphatic rings. The van der Waals surface area contributed by atoms with Gasteiger partial charge in [-0.05, 0) is 38.1 Å². The molecule has 6 rings (SSSR count). The molecule has 4 aromatic carbocycles. The van der Waals surface area contributed by atoms with Crippen molar-refractivity contribution in [3.8, 4) is 34.1 Å². The quantitative estimate of drug-likeness (QED) is 0.167. The highest BCUT2D eigenvalue weighted by Crippen LogP contribution is 2.37. The molecule has 2 aromatic heterocycles. The van der Waals surface area contributed by atoms with E-state index in [1.165, 1.54) is 0 Å². The molecule has 0 aliphatic carbocycles. The van der Waals surface area contributed by atoms with Crippen LogP contribution < -0.4 is 20.3 Å². The summed E-state index contributed by atoms with van der Waals surface area (Å²) in [6.45, 7) is 4.48. The lowest BCUT2D eigenvalue weighted by molar-refractivity contribution is -0.916. The Hall–Kier alpha value is -5.14. The number of nitrogens with zero attached hydrogens (tertiary/aromatic N) is 1. The fourth-order valence-electron chi connectivity index (χ4n) is 6.10. The Balaban J connectivity index is 1.51. The van der Waals surface area contributed by atoms with Crippen molar-refractivity contribution in [3.63, 3.8) is 0 Å². The van der Waals surface area contributed by atoms with E-state index in [1.807, 2.05) is 72.8 Å². The second-order valence-electron chi connectivity index (χ2n) is 12.0. The highest BCUT2D eigenvalue weighted by molar-refractivity contribution is 5.86.